The van der Waals surface area contributed by atoms with Crippen molar-refractivity contribution in [2.45, 2.75) is 6.17 Å². The summed E-state index contributed by atoms with van der Waals surface area (Å²) in [5.41, 5.74) is 6.95. The molecule has 1 atom stereocenters. The monoisotopic (exact) mass is 230 g/mol. The van der Waals surface area contributed by atoms with Gasteiger partial charge >= 0.3 is 0 Å². The number of anilines is 2. The second-order valence-electron chi connectivity index (χ2n) is 3.09. The molecule has 1 heterocycles. The van der Waals surface area contributed by atoms with Crippen molar-refractivity contribution in [3.8, 4) is 0 Å². The average Bonchev–Trinajstić information content (AvgIpc) is 2.57. The Bertz CT molecular complexity index is 338. The van der Waals surface area contributed by atoms with Gasteiger partial charge in [0, 0.05) is 14.1 Å². The Morgan fingerprint density at radius 3 is 2.80 bits per heavy atom. The number of nitrogens with zero attached hydrogens (tertiary/aromatic N) is 4. The van der Waals surface area contributed by atoms with Crippen LogP contribution in [-0.4, -0.2) is 46.1 Å². The van der Waals surface area contributed by atoms with Crippen LogP contribution < -0.4 is 16.0 Å². The third-order valence-electron chi connectivity index (χ3n) is 1.78. The lowest BCUT2D eigenvalue weighted by Gasteiger charge is -2.14. The van der Waals surface area contributed by atoms with Crippen molar-refractivity contribution in [2.75, 3.05) is 31.3 Å². The molecule has 0 bridgehead atoms. The highest BCUT2D eigenvalue weighted by atomic mass is 32.1. The quantitative estimate of drug-likeness (QED) is 0.557. The normalized spacial score (nSPS) is 12.2. The highest BCUT2D eigenvalue weighted by Gasteiger charge is 2.15. The Morgan fingerprint density at radius 1 is 1.73 bits per heavy atom. The summed E-state index contributed by atoms with van der Waals surface area (Å²) in [5.74, 6) is 0.708. The molecule has 0 spiro atoms. The summed E-state index contributed by atoms with van der Waals surface area (Å²) in [6.07, 6.45) is -0.483. The molecule has 1 rings (SSSR count). The Balaban J connectivity index is 2.96. The highest BCUT2D eigenvalue weighted by molar-refractivity contribution is 7.78. The number of aliphatic hydroxyl groups is 1. The van der Waals surface area contributed by atoms with Gasteiger partial charge < -0.3 is 21.1 Å². The van der Waals surface area contributed by atoms with Gasteiger partial charge in [0.25, 0.3) is 0 Å². The van der Waals surface area contributed by atoms with Gasteiger partial charge in [0.15, 0.2) is 0 Å². The molecule has 8 heteroatoms. The lowest BCUT2D eigenvalue weighted by molar-refractivity contribution is 0.211. The maximum atomic E-state index is 9.10. The zero-order chi connectivity index (χ0) is 11.4. The fraction of sp³-hybridized carbons (Fsp3) is 0.571. The van der Waals surface area contributed by atoms with Gasteiger partial charge in [-0.3, -0.25) is 0 Å². The van der Waals surface area contributed by atoms with E-state index < -0.39 is 6.17 Å². The van der Waals surface area contributed by atoms with Crippen LogP contribution in [0.15, 0.2) is 0 Å². The largest absolute Gasteiger partial charge is 0.392 e. The number of aliphatic hydroxyl groups excluding tert-OH is 1. The van der Waals surface area contributed by atoms with Crippen molar-refractivity contribution in [3.05, 3.63) is 0 Å². The van der Waals surface area contributed by atoms with E-state index in [0.717, 1.165) is 0 Å². The summed E-state index contributed by atoms with van der Waals surface area (Å²) in [7, 11) is 3.61. The minimum absolute atomic E-state index is 0.173. The minimum atomic E-state index is -0.483. The Morgan fingerprint density at radius 2 is 2.40 bits per heavy atom. The molecular formula is C7H14N6OS. The number of hydrogen-bond acceptors (Lipinski definition) is 6. The number of nitrogen functional groups attached to an aromatic ring is 1. The van der Waals surface area contributed by atoms with Gasteiger partial charge in [0.05, 0.1) is 12.1 Å². The molecule has 0 saturated carbocycles. The van der Waals surface area contributed by atoms with Gasteiger partial charge in [-0.15, -0.1) is 5.10 Å². The molecule has 15 heavy (non-hydrogen) atoms. The molecule has 1 aromatic rings. The third-order valence-corrected chi connectivity index (χ3v) is 1.91. The Kier molecular flexibility index (Phi) is 3.81. The van der Waals surface area contributed by atoms with Gasteiger partial charge in [-0.2, -0.15) is 4.98 Å². The predicted molar refractivity (Wildman–Crippen MR) is 61.7 cm³/mol. The van der Waals surface area contributed by atoms with Gasteiger partial charge in [-0.25, -0.2) is 4.68 Å². The summed E-state index contributed by atoms with van der Waals surface area (Å²) in [6.45, 7) is -0.173. The first-order chi connectivity index (χ1) is 7.10. The van der Waals surface area contributed by atoms with Crippen LogP contribution in [0.25, 0.3) is 0 Å². The Labute approximate surface area is 92.9 Å². The van der Waals surface area contributed by atoms with Crippen molar-refractivity contribution in [2.24, 2.45) is 0 Å². The lowest BCUT2D eigenvalue weighted by Crippen LogP contribution is -2.30. The number of aromatic nitrogens is 3. The fourth-order valence-corrected chi connectivity index (χ4v) is 1.18. The van der Waals surface area contributed by atoms with Crippen LogP contribution in [0, 0.1) is 0 Å². The van der Waals surface area contributed by atoms with E-state index in [0.29, 0.717) is 5.95 Å². The van der Waals surface area contributed by atoms with Crippen LogP contribution >= 0.6 is 12.2 Å². The molecular weight excluding hydrogens is 216 g/mol. The van der Waals surface area contributed by atoms with E-state index in [2.05, 4.69) is 27.6 Å². The van der Waals surface area contributed by atoms with Crippen LogP contribution in [0.3, 0.4) is 0 Å². The Hall–Kier alpha value is -1.41. The smallest absolute Gasteiger partial charge is 0.246 e. The summed E-state index contributed by atoms with van der Waals surface area (Å²) >= 11 is 4.64. The van der Waals surface area contributed by atoms with E-state index in [-0.39, 0.29) is 12.6 Å². The second-order valence-corrected chi connectivity index (χ2v) is 3.33. The van der Waals surface area contributed by atoms with E-state index in [1.807, 2.05) is 0 Å². The first-order valence-electron chi connectivity index (χ1n) is 4.30. The van der Waals surface area contributed by atoms with E-state index in [4.69, 9.17) is 10.8 Å². The van der Waals surface area contributed by atoms with Crippen molar-refractivity contribution in [1.82, 2.24) is 20.1 Å². The van der Waals surface area contributed by atoms with Gasteiger partial charge in [-0.1, -0.05) is 12.2 Å². The standard InChI is InChI=1S/C7H14N6OS/c1-12(2)7-10-6(8)13(11-7)5(3-14)9-4-15/h4-5,14H,3H2,1-2H3,(H,9,15)(H2,8,10,11). The maximum absolute atomic E-state index is 9.10. The molecule has 7 nitrogen and oxygen atoms in total. The van der Waals surface area contributed by atoms with Crippen molar-refractivity contribution >= 4 is 29.6 Å². The predicted octanol–water partition coefficient (Wildman–Crippen LogP) is -1.04. The van der Waals surface area contributed by atoms with Crippen molar-refractivity contribution < 1.29 is 5.11 Å². The molecule has 0 aliphatic rings. The highest BCUT2D eigenvalue weighted by Crippen LogP contribution is 2.11. The van der Waals surface area contributed by atoms with Crippen molar-refractivity contribution in [1.29, 1.82) is 0 Å². The molecule has 0 aromatic carbocycles. The molecule has 0 radical (unpaired) electrons. The first-order valence-corrected chi connectivity index (χ1v) is 4.77. The summed E-state index contributed by atoms with van der Waals surface area (Å²) < 4.78 is 1.39. The second kappa shape index (κ2) is 4.89. The SMILES string of the molecule is CN(C)c1nc(N)n(C(CO)NC=S)n1. The van der Waals surface area contributed by atoms with Gasteiger partial charge in [-0.05, 0) is 0 Å². The van der Waals surface area contributed by atoms with Crippen molar-refractivity contribution in [3.63, 3.8) is 0 Å². The van der Waals surface area contributed by atoms with E-state index in [1.165, 1.54) is 10.2 Å². The van der Waals surface area contributed by atoms with Crippen LogP contribution in [-0.2, 0) is 0 Å². The lowest BCUT2D eigenvalue weighted by atomic mass is 10.5. The van der Waals surface area contributed by atoms with Crippen LogP contribution in [0.2, 0.25) is 0 Å². The topological polar surface area (TPSA) is 92.2 Å². The van der Waals surface area contributed by atoms with Gasteiger partial charge in [0.2, 0.25) is 11.9 Å². The molecule has 1 aromatic heterocycles. The van der Waals surface area contributed by atoms with Crippen LogP contribution in [0.5, 0.6) is 0 Å². The molecule has 1 unspecified atom stereocenters. The zero-order valence-corrected chi connectivity index (χ0v) is 9.40. The van der Waals surface area contributed by atoms with E-state index in [9.17, 15) is 0 Å². The van der Waals surface area contributed by atoms with Gasteiger partial charge in [0.1, 0.15) is 6.17 Å². The molecule has 0 aliphatic carbocycles. The molecule has 84 valence electrons. The number of nitrogens with two attached hydrogens (primary N) is 1. The fourth-order valence-electron chi connectivity index (χ4n) is 1.02. The number of thiocarbonyl (C=S) groups is 1. The summed E-state index contributed by atoms with van der Waals surface area (Å²) in [6, 6.07) is 0. The molecule has 0 saturated heterocycles. The minimum Gasteiger partial charge on any atom is -0.392 e. The summed E-state index contributed by atoms with van der Waals surface area (Å²) in [4.78, 5) is 5.74. The molecule has 0 amide bonds. The number of nitrogens with one attached hydrogen (secondary N) is 1. The molecule has 0 aliphatic heterocycles. The summed E-state index contributed by atoms with van der Waals surface area (Å²) in [5, 5.41) is 16.0. The maximum Gasteiger partial charge on any atom is 0.246 e. The molecule has 0 fully saturated rings. The third kappa shape index (κ3) is 2.54. The number of rotatable bonds is 5. The van der Waals surface area contributed by atoms with Crippen LogP contribution in [0.4, 0.5) is 11.9 Å². The number of hydrogen-bond donors (Lipinski definition) is 3. The first kappa shape index (κ1) is 11.7. The average molecular weight is 230 g/mol. The van der Waals surface area contributed by atoms with E-state index in [1.54, 1.807) is 19.0 Å². The van der Waals surface area contributed by atoms with E-state index >= 15 is 0 Å². The van der Waals surface area contributed by atoms with Crippen LogP contribution in [0.1, 0.15) is 6.17 Å². The zero-order valence-electron chi connectivity index (χ0n) is 8.58. The molecule has 4 N–H and O–H groups in total.